The van der Waals surface area contributed by atoms with Crippen LogP contribution in [-0.4, -0.2) is 22.2 Å². The van der Waals surface area contributed by atoms with Crippen LogP contribution in [0.15, 0.2) is 76.3 Å². The van der Waals surface area contributed by atoms with Crippen LogP contribution in [0, 0.1) is 10.1 Å². The Kier molecular flexibility index (Phi) is 6.76. The number of rotatable bonds is 8. The number of non-ortho nitro benzene ring substituents is 1. The van der Waals surface area contributed by atoms with Crippen LogP contribution in [0.2, 0.25) is 0 Å². The molecule has 0 spiro atoms. The van der Waals surface area contributed by atoms with Crippen molar-refractivity contribution in [1.29, 1.82) is 0 Å². The maximum absolute atomic E-state index is 10.9. The number of nitro groups is 1. The normalized spacial score (nSPS) is 10.7. The first kappa shape index (κ1) is 21.0. The minimum atomic E-state index is -0.977. The Bertz CT molecular complexity index is 1080. The first-order valence-corrected chi connectivity index (χ1v) is 9.50. The van der Waals surface area contributed by atoms with Gasteiger partial charge >= 0.3 is 5.97 Å². The maximum Gasteiger partial charge on any atom is 0.335 e. The van der Waals surface area contributed by atoms with Gasteiger partial charge in [-0.05, 0) is 48.0 Å². The Hall–Kier alpha value is -3.72. The van der Waals surface area contributed by atoms with Crippen molar-refractivity contribution >= 4 is 39.5 Å². The summed E-state index contributed by atoms with van der Waals surface area (Å²) in [4.78, 5) is 21.2. The number of hydrazone groups is 1. The van der Waals surface area contributed by atoms with Gasteiger partial charge in [0.05, 0.1) is 22.4 Å². The van der Waals surface area contributed by atoms with E-state index >= 15 is 0 Å². The number of nitrogens with zero attached hydrogens (tertiary/aromatic N) is 2. The molecule has 0 heterocycles. The van der Waals surface area contributed by atoms with Gasteiger partial charge in [-0.1, -0.05) is 28.1 Å². The summed E-state index contributed by atoms with van der Waals surface area (Å²) in [5, 5.41) is 23.8. The third kappa shape index (κ3) is 5.65. The largest absolute Gasteiger partial charge is 0.488 e. The molecule has 3 rings (SSSR count). The van der Waals surface area contributed by atoms with Crippen LogP contribution in [0.5, 0.6) is 5.75 Å². The van der Waals surface area contributed by atoms with Gasteiger partial charge in [-0.15, -0.1) is 0 Å². The van der Waals surface area contributed by atoms with Gasteiger partial charge in [0.15, 0.2) is 0 Å². The summed E-state index contributed by atoms with van der Waals surface area (Å²) in [5.74, 6) is -0.385. The van der Waals surface area contributed by atoms with Crippen LogP contribution in [0.25, 0.3) is 0 Å². The molecular weight excluding hydrogens is 454 g/mol. The summed E-state index contributed by atoms with van der Waals surface area (Å²) < 4.78 is 6.71. The number of hydrogen-bond acceptors (Lipinski definition) is 6. The number of nitrogens with one attached hydrogen (secondary N) is 1. The molecule has 0 bridgehead atoms. The van der Waals surface area contributed by atoms with Crippen LogP contribution in [0.4, 0.5) is 11.4 Å². The van der Waals surface area contributed by atoms with Gasteiger partial charge in [-0.2, -0.15) is 5.10 Å². The second-order valence-corrected chi connectivity index (χ2v) is 7.06. The van der Waals surface area contributed by atoms with Crippen molar-refractivity contribution < 1.29 is 19.6 Å². The Morgan fingerprint density at radius 1 is 1.13 bits per heavy atom. The highest BCUT2D eigenvalue weighted by Crippen LogP contribution is 2.23. The fraction of sp³-hybridized carbons (Fsp3) is 0.0476. The zero-order chi connectivity index (χ0) is 21.5. The van der Waals surface area contributed by atoms with Gasteiger partial charge in [0, 0.05) is 22.2 Å². The lowest BCUT2D eigenvalue weighted by molar-refractivity contribution is -0.384. The van der Waals surface area contributed by atoms with E-state index in [1.165, 1.54) is 24.3 Å². The van der Waals surface area contributed by atoms with E-state index in [0.29, 0.717) is 17.0 Å². The van der Waals surface area contributed by atoms with Gasteiger partial charge in [0.1, 0.15) is 12.4 Å². The number of benzene rings is 3. The van der Waals surface area contributed by atoms with Crippen LogP contribution in [0.3, 0.4) is 0 Å². The van der Waals surface area contributed by atoms with Crippen molar-refractivity contribution in [3.63, 3.8) is 0 Å². The zero-order valence-corrected chi connectivity index (χ0v) is 17.1. The molecule has 0 atom stereocenters. The van der Waals surface area contributed by atoms with Crippen molar-refractivity contribution in [1.82, 2.24) is 0 Å². The van der Waals surface area contributed by atoms with Crippen molar-refractivity contribution in [2.75, 3.05) is 5.43 Å². The molecule has 0 saturated heterocycles. The predicted molar refractivity (Wildman–Crippen MR) is 116 cm³/mol. The summed E-state index contributed by atoms with van der Waals surface area (Å²) in [6.07, 6.45) is 1.58. The van der Waals surface area contributed by atoms with Gasteiger partial charge < -0.3 is 9.84 Å². The molecular formula is C21H16BrN3O5. The molecule has 30 heavy (non-hydrogen) atoms. The molecule has 0 saturated carbocycles. The van der Waals surface area contributed by atoms with E-state index in [0.717, 1.165) is 10.0 Å². The van der Waals surface area contributed by atoms with E-state index < -0.39 is 10.9 Å². The van der Waals surface area contributed by atoms with E-state index in [1.807, 2.05) is 12.1 Å². The highest BCUT2D eigenvalue weighted by Gasteiger charge is 2.06. The van der Waals surface area contributed by atoms with Crippen molar-refractivity contribution in [2.45, 2.75) is 6.61 Å². The molecule has 3 aromatic carbocycles. The number of carboxylic acid groups (broad SMARTS) is 1. The minimum Gasteiger partial charge on any atom is -0.488 e. The minimum absolute atomic E-state index is 0.00333. The van der Waals surface area contributed by atoms with E-state index in [2.05, 4.69) is 26.5 Å². The molecule has 0 aliphatic rings. The zero-order valence-electron chi connectivity index (χ0n) is 15.5. The number of hydrogen-bond donors (Lipinski definition) is 2. The molecule has 0 fully saturated rings. The number of nitro benzene ring substituents is 1. The second-order valence-electron chi connectivity index (χ2n) is 6.15. The number of halogens is 1. The lowest BCUT2D eigenvalue weighted by Gasteiger charge is -2.10. The lowest BCUT2D eigenvalue weighted by Crippen LogP contribution is -2.01. The number of ether oxygens (including phenoxy) is 1. The molecule has 0 aliphatic heterocycles. The van der Waals surface area contributed by atoms with Crippen molar-refractivity contribution in [3.05, 3.63) is 98.0 Å². The van der Waals surface area contributed by atoms with E-state index in [-0.39, 0.29) is 17.9 Å². The molecule has 0 aromatic heterocycles. The monoisotopic (exact) mass is 469 g/mol. The second kappa shape index (κ2) is 9.66. The van der Waals surface area contributed by atoms with Crippen molar-refractivity contribution in [2.24, 2.45) is 5.10 Å². The summed E-state index contributed by atoms with van der Waals surface area (Å²) in [7, 11) is 0. The van der Waals surface area contributed by atoms with Gasteiger partial charge in [0.2, 0.25) is 0 Å². The average Bonchev–Trinajstić information content (AvgIpc) is 2.74. The van der Waals surface area contributed by atoms with Crippen LogP contribution in [-0.2, 0) is 6.61 Å². The molecule has 9 heteroatoms. The molecule has 0 unspecified atom stereocenters. The fourth-order valence-electron chi connectivity index (χ4n) is 2.49. The van der Waals surface area contributed by atoms with Crippen LogP contribution in [0.1, 0.15) is 21.5 Å². The third-order valence-corrected chi connectivity index (χ3v) is 4.54. The number of carboxylic acids is 1. The quantitative estimate of drug-likeness (QED) is 0.270. The summed E-state index contributed by atoms with van der Waals surface area (Å²) >= 11 is 3.42. The van der Waals surface area contributed by atoms with Crippen LogP contribution < -0.4 is 10.2 Å². The molecule has 3 aromatic rings. The first-order valence-electron chi connectivity index (χ1n) is 8.70. The van der Waals surface area contributed by atoms with Crippen LogP contribution >= 0.6 is 15.9 Å². The molecule has 152 valence electrons. The van der Waals surface area contributed by atoms with E-state index in [9.17, 15) is 14.9 Å². The summed E-state index contributed by atoms with van der Waals surface area (Å²) in [6, 6.07) is 17.8. The predicted octanol–water partition coefficient (Wildman–Crippen LogP) is 5.08. The standard InChI is InChI=1S/C21H16BrN3O5/c22-17-5-10-20(30-13-14-1-3-15(4-2-14)21(26)27)16(11-17)12-23-24-18-6-8-19(9-7-18)25(28)29/h1-12,24H,13H2,(H,26,27)/b23-12+. The molecule has 2 N–H and O–H groups in total. The van der Waals surface area contributed by atoms with Gasteiger partial charge in [-0.3, -0.25) is 15.5 Å². The molecule has 0 aliphatic carbocycles. The summed E-state index contributed by atoms with van der Waals surface area (Å²) in [6.45, 7) is 0.262. The van der Waals surface area contributed by atoms with Gasteiger partial charge in [-0.25, -0.2) is 4.79 Å². The van der Waals surface area contributed by atoms with E-state index in [4.69, 9.17) is 9.84 Å². The fourth-order valence-corrected chi connectivity index (χ4v) is 2.87. The first-order chi connectivity index (χ1) is 14.4. The Morgan fingerprint density at radius 3 is 2.47 bits per heavy atom. The lowest BCUT2D eigenvalue weighted by atomic mass is 10.1. The molecule has 0 amide bonds. The number of aromatic carboxylic acids is 1. The van der Waals surface area contributed by atoms with E-state index in [1.54, 1.807) is 36.5 Å². The Balaban J connectivity index is 1.67. The van der Waals surface area contributed by atoms with Gasteiger partial charge in [0.25, 0.3) is 5.69 Å². The molecule has 8 nitrogen and oxygen atoms in total. The average molecular weight is 470 g/mol. The smallest absolute Gasteiger partial charge is 0.335 e. The number of carbonyl (C=O) groups is 1. The van der Waals surface area contributed by atoms with Crippen molar-refractivity contribution in [3.8, 4) is 5.75 Å². The highest BCUT2D eigenvalue weighted by atomic mass is 79.9. The Labute approximate surface area is 180 Å². The highest BCUT2D eigenvalue weighted by molar-refractivity contribution is 9.10. The molecule has 0 radical (unpaired) electrons. The number of anilines is 1. The SMILES string of the molecule is O=C(O)c1ccc(COc2ccc(Br)cc2/C=N/Nc2ccc([N+](=O)[O-])cc2)cc1. The third-order valence-electron chi connectivity index (χ3n) is 4.04. The topological polar surface area (TPSA) is 114 Å². The Morgan fingerprint density at radius 2 is 1.83 bits per heavy atom. The maximum atomic E-state index is 10.9. The summed E-state index contributed by atoms with van der Waals surface area (Å²) in [5.41, 5.74) is 5.18.